The van der Waals surface area contributed by atoms with Gasteiger partial charge in [-0.1, -0.05) is 35.9 Å². The lowest BCUT2D eigenvalue weighted by Gasteiger charge is -2.03. The van der Waals surface area contributed by atoms with E-state index in [0.717, 1.165) is 11.1 Å². The number of hydrazone groups is 1. The molecule has 0 aromatic heterocycles. The molecule has 0 unspecified atom stereocenters. The zero-order valence-corrected chi connectivity index (χ0v) is 12.2. The number of amides is 1. The highest BCUT2D eigenvalue weighted by Crippen LogP contribution is 2.10. The van der Waals surface area contributed by atoms with E-state index < -0.39 is 0 Å². The SMILES string of the molecule is C/C(=N/NC(=O)Cc1ccc(Cl)cc1)c1ccc(F)cc1. The molecule has 0 radical (unpaired) electrons. The second kappa shape index (κ2) is 6.99. The lowest BCUT2D eigenvalue weighted by molar-refractivity contribution is -0.120. The molecule has 0 aliphatic rings. The van der Waals surface area contributed by atoms with Crippen molar-refractivity contribution in [2.75, 3.05) is 0 Å². The average Bonchev–Trinajstić information content (AvgIpc) is 2.48. The Labute approximate surface area is 127 Å². The molecular formula is C16H14ClFN2O. The van der Waals surface area contributed by atoms with E-state index >= 15 is 0 Å². The first-order valence-corrected chi connectivity index (χ1v) is 6.76. The zero-order chi connectivity index (χ0) is 15.2. The molecule has 0 spiro atoms. The van der Waals surface area contributed by atoms with Gasteiger partial charge in [-0.25, -0.2) is 9.82 Å². The summed E-state index contributed by atoms with van der Waals surface area (Å²) in [5.74, 6) is -0.530. The normalized spacial score (nSPS) is 11.3. The number of hydrogen-bond acceptors (Lipinski definition) is 2. The molecule has 0 aliphatic carbocycles. The third-order valence-electron chi connectivity index (χ3n) is 2.89. The first-order valence-electron chi connectivity index (χ1n) is 6.38. The maximum absolute atomic E-state index is 12.8. The molecule has 0 saturated carbocycles. The van der Waals surface area contributed by atoms with E-state index in [4.69, 9.17) is 11.6 Å². The summed E-state index contributed by atoms with van der Waals surface area (Å²) in [6.45, 7) is 1.75. The number of carbonyl (C=O) groups is 1. The van der Waals surface area contributed by atoms with E-state index in [-0.39, 0.29) is 18.1 Å². The van der Waals surface area contributed by atoms with Crippen molar-refractivity contribution in [3.05, 3.63) is 70.5 Å². The molecule has 1 N–H and O–H groups in total. The second-order valence-electron chi connectivity index (χ2n) is 4.54. The molecule has 0 bridgehead atoms. The topological polar surface area (TPSA) is 41.5 Å². The summed E-state index contributed by atoms with van der Waals surface area (Å²) in [6, 6.07) is 13.0. The Morgan fingerprint density at radius 1 is 1.14 bits per heavy atom. The summed E-state index contributed by atoms with van der Waals surface area (Å²) in [4.78, 5) is 11.8. The van der Waals surface area contributed by atoms with Crippen LogP contribution in [0.3, 0.4) is 0 Å². The van der Waals surface area contributed by atoms with Gasteiger partial charge in [0.25, 0.3) is 0 Å². The Hall–Kier alpha value is -2.20. The summed E-state index contributed by atoms with van der Waals surface area (Å²) >= 11 is 5.78. The molecule has 2 aromatic carbocycles. The first kappa shape index (κ1) is 15.2. The van der Waals surface area contributed by atoms with E-state index in [2.05, 4.69) is 10.5 Å². The van der Waals surface area contributed by atoms with Gasteiger partial charge in [0.1, 0.15) is 5.82 Å². The fraction of sp³-hybridized carbons (Fsp3) is 0.125. The summed E-state index contributed by atoms with van der Waals surface area (Å²) in [6.07, 6.45) is 0.220. The number of carbonyl (C=O) groups excluding carboxylic acids is 1. The average molecular weight is 305 g/mol. The van der Waals surface area contributed by atoms with Gasteiger partial charge in [0, 0.05) is 5.02 Å². The lowest BCUT2D eigenvalue weighted by atomic mass is 10.1. The molecule has 108 valence electrons. The van der Waals surface area contributed by atoms with Gasteiger partial charge in [-0.2, -0.15) is 5.10 Å². The van der Waals surface area contributed by atoms with Gasteiger partial charge in [-0.3, -0.25) is 4.79 Å². The Bertz CT molecular complexity index is 651. The van der Waals surface area contributed by atoms with Crippen molar-refractivity contribution < 1.29 is 9.18 Å². The fourth-order valence-corrected chi connectivity index (χ4v) is 1.86. The van der Waals surface area contributed by atoms with E-state index in [9.17, 15) is 9.18 Å². The minimum absolute atomic E-state index is 0.220. The monoisotopic (exact) mass is 304 g/mol. The fourth-order valence-electron chi connectivity index (χ4n) is 1.73. The van der Waals surface area contributed by atoms with Crippen LogP contribution in [0, 0.1) is 5.82 Å². The highest BCUT2D eigenvalue weighted by Gasteiger charge is 2.03. The predicted molar refractivity (Wildman–Crippen MR) is 81.9 cm³/mol. The number of nitrogens with one attached hydrogen (secondary N) is 1. The number of hydrogen-bond donors (Lipinski definition) is 1. The Balaban J connectivity index is 1.94. The van der Waals surface area contributed by atoms with E-state index in [0.29, 0.717) is 10.7 Å². The van der Waals surface area contributed by atoms with Crippen molar-refractivity contribution in [1.82, 2.24) is 5.43 Å². The maximum atomic E-state index is 12.8. The van der Waals surface area contributed by atoms with Crippen LogP contribution in [0.15, 0.2) is 53.6 Å². The Morgan fingerprint density at radius 2 is 1.76 bits per heavy atom. The Morgan fingerprint density at radius 3 is 2.38 bits per heavy atom. The van der Waals surface area contributed by atoms with Crippen LogP contribution >= 0.6 is 11.6 Å². The standard InChI is InChI=1S/C16H14ClFN2O/c1-11(13-4-8-15(18)9-5-13)19-20-16(21)10-12-2-6-14(17)7-3-12/h2-9H,10H2,1H3,(H,20,21)/b19-11-. The maximum Gasteiger partial charge on any atom is 0.244 e. The molecule has 2 aromatic rings. The van der Waals surface area contributed by atoms with Crippen LogP contribution in [0.1, 0.15) is 18.1 Å². The molecule has 1 amide bonds. The third kappa shape index (κ3) is 4.68. The van der Waals surface area contributed by atoms with Crippen molar-refractivity contribution >= 4 is 23.2 Å². The van der Waals surface area contributed by atoms with Gasteiger partial charge < -0.3 is 0 Å². The number of halogens is 2. The summed E-state index contributed by atoms with van der Waals surface area (Å²) in [5, 5.41) is 4.64. The molecule has 0 heterocycles. The predicted octanol–water partition coefficient (Wildman–Crippen LogP) is 3.56. The quantitative estimate of drug-likeness (QED) is 0.681. The second-order valence-corrected chi connectivity index (χ2v) is 4.98. The van der Waals surface area contributed by atoms with Crippen LogP contribution in [-0.4, -0.2) is 11.6 Å². The summed E-state index contributed by atoms with van der Waals surface area (Å²) < 4.78 is 12.8. The van der Waals surface area contributed by atoms with Crippen LogP contribution in [0.5, 0.6) is 0 Å². The third-order valence-corrected chi connectivity index (χ3v) is 3.14. The molecule has 21 heavy (non-hydrogen) atoms. The van der Waals surface area contributed by atoms with Crippen molar-refractivity contribution in [3.8, 4) is 0 Å². The minimum Gasteiger partial charge on any atom is -0.273 e. The smallest absolute Gasteiger partial charge is 0.244 e. The summed E-state index contributed by atoms with van der Waals surface area (Å²) in [7, 11) is 0. The molecule has 0 atom stereocenters. The molecule has 3 nitrogen and oxygen atoms in total. The number of rotatable bonds is 4. The number of benzene rings is 2. The molecular weight excluding hydrogens is 291 g/mol. The van der Waals surface area contributed by atoms with E-state index in [1.807, 2.05) is 0 Å². The van der Waals surface area contributed by atoms with Crippen LogP contribution < -0.4 is 5.43 Å². The largest absolute Gasteiger partial charge is 0.273 e. The minimum atomic E-state index is -0.307. The summed E-state index contributed by atoms with van der Waals surface area (Å²) in [5.41, 5.74) is 4.70. The highest BCUT2D eigenvalue weighted by molar-refractivity contribution is 6.30. The highest BCUT2D eigenvalue weighted by atomic mass is 35.5. The molecule has 5 heteroatoms. The van der Waals surface area contributed by atoms with Gasteiger partial charge in [0.2, 0.25) is 5.91 Å². The van der Waals surface area contributed by atoms with Crippen molar-refractivity contribution in [2.45, 2.75) is 13.3 Å². The van der Waals surface area contributed by atoms with Crippen molar-refractivity contribution in [2.24, 2.45) is 5.10 Å². The van der Waals surface area contributed by atoms with Crippen LogP contribution in [-0.2, 0) is 11.2 Å². The van der Waals surface area contributed by atoms with E-state index in [1.165, 1.54) is 12.1 Å². The van der Waals surface area contributed by atoms with Gasteiger partial charge in [-0.05, 0) is 42.3 Å². The van der Waals surface area contributed by atoms with Gasteiger partial charge in [-0.15, -0.1) is 0 Å². The molecule has 0 fully saturated rings. The first-order chi connectivity index (χ1) is 10.0. The van der Waals surface area contributed by atoms with Crippen LogP contribution in [0.25, 0.3) is 0 Å². The van der Waals surface area contributed by atoms with Gasteiger partial charge >= 0.3 is 0 Å². The lowest BCUT2D eigenvalue weighted by Crippen LogP contribution is -2.21. The number of nitrogens with zero attached hydrogens (tertiary/aromatic N) is 1. The van der Waals surface area contributed by atoms with Crippen LogP contribution in [0.4, 0.5) is 4.39 Å². The van der Waals surface area contributed by atoms with Crippen molar-refractivity contribution in [1.29, 1.82) is 0 Å². The Kier molecular flexibility index (Phi) is 5.06. The van der Waals surface area contributed by atoms with Gasteiger partial charge in [0.05, 0.1) is 12.1 Å². The molecule has 0 aliphatic heterocycles. The zero-order valence-electron chi connectivity index (χ0n) is 11.4. The molecule has 0 saturated heterocycles. The van der Waals surface area contributed by atoms with Gasteiger partial charge in [0.15, 0.2) is 0 Å². The van der Waals surface area contributed by atoms with Crippen LogP contribution in [0.2, 0.25) is 5.02 Å². The van der Waals surface area contributed by atoms with Crippen molar-refractivity contribution in [3.63, 3.8) is 0 Å². The van der Waals surface area contributed by atoms with E-state index in [1.54, 1.807) is 43.3 Å². The molecule has 2 rings (SSSR count).